The molecule has 2 aromatic rings. The number of hydrogen-bond donors (Lipinski definition) is 3. The van der Waals surface area contributed by atoms with Crippen LogP contribution in [0.25, 0.3) is 0 Å². The van der Waals surface area contributed by atoms with Gasteiger partial charge in [0, 0.05) is 19.5 Å². The van der Waals surface area contributed by atoms with Crippen LogP contribution in [0.4, 0.5) is 4.79 Å². The average Bonchev–Trinajstić information content (AvgIpc) is 3.11. The lowest BCUT2D eigenvalue weighted by molar-refractivity contribution is -0.136. The van der Waals surface area contributed by atoms with Crippen molar-refractivity contribution < 1.29 is 33.5 Å². The van der Waals surface area contributed by atoms with Crippen molar-refractivity contribution in [1.29, 1.82) is 0 Å². The molecule has 0 radical (unpaired) electrons. The Morgan fingerprint density at radius 3 is 2.28 bits per heavy atom. The number of carbonyl (C=O) groups excluding carboxylic acids is 6. The molecule has 4 rings (SSSR count). The second-order valence-electron chi connectivity index (χ2n) is 8.23. The summed E-state index contributed by atoms with van der Waals surface area (Å²) in [5.74, 6) is -2.91. The van der Waals surface area contributed by atoms with Gasteiger partial charge < -0.3 is 15.4 Å². The van der Waals surface area contributed by atoms with Gasteiger partial charge in [0.2, 0.25) is 17.5 Å². The van der Waals surface area contributed by atoms with Crippen molar-refractivity contribution in [2.45, 2.75) is 32.0 Å². The molecular formula is C24H23N4O7P. The molecule has 1 saturated heterocycles. The maximum Gasteiger partial charge on any atom is 0.266 e. The van der Waals surface area contributed by atoms with Crippen LogP contribution in [0.5, 0.6) is 5.75 Å². The molecule has 11 nitrogen and oxygen atoms in total. The van der Waals surface area contributed by atoms with Crippen LogP contribution < -0.4 is 20.7 Å². The molecule has 0 aromatic heterocycles. The molecule has 0 aliphatic carbocycles. The maximum atomic E-state index is 13.1. The molecule has 2 aromatic carbocycles. The van der Waals surface area contributed by atoms with Crippen LogP contribution in [0.1, 0.15) is 44.7 Å². The largest absolute Gasteiger partial charge is 0.483 e. The molecule has 186 valence electrons. The van der Waals surface area contributed by atoms with E-state index in [1.807, 2.05) is 33.5 Å². The van der Waals surface area contributed by atoms with Crippen molar-refractivity contribution in [1.82, 2.24) is 20.9 Å². The van der Waals surface area contributed by atoms with Gasteiger partial charge in [-0.05, 0) is 38.9 Å². The topological polar surface area (TPSA) is 151 Å². The third kappa shape index (κ3) is 5.41. The smallest absolute Gasteiger partial charge is 0.266 e. The van der Waals surface area contributed by atoms with Gasteiger partial charge in [-0.25, -0.2) is 0 Å². The van der Waals surface area contributed by atoms with Gasteiger partial charge in [0.05, 0.1) is 11.1 Å². The van der Waals surface area contributed by atoms with Crippen LogP contribution in [0, 0.1) is 0 Å². The summed E-state index contributed by atoms with van der Waals surface area (Å²) in [6.45, 7) is 0.243. The van der Waals surface area contributed by atoms with Crippen LogP contribution in [0.3, 0.4) is 0 Å². The summed E-state index contributed by atoms with van der Waals surface area (Å²) >= 11 is 0. The Bertz CT molecular complexity index is 1260. The first-order valence-corrected chi connectivity index (χ1v) is 11.7. The zero-order chi connectivity index (χ0) is 25.8. The van der Waals surface area contributed by atoms with Gasteiger partial charge >= 0.3 is 0 Å². The second-order valence-corrected chi connectivity index (χ2v) is 8.75. The number of benzene rings is 2. The van der Waals surface area contributed by atoms with Crippen LogP contribution in [-0.4, -0.2) is 52.7 Å². The minimum atomic E-state index is -1.09. The molecule has 2 aliphatic rings. The molecule has 2 aliphatic heterocycles. The van der Waals surface area contributed by atoms with E-state index in [1.54, 1.807) is 0 Å². The van der Waals surface area contributed by atoms with E-state index >= 15 is 0 Å². The second kappa shape index (κ2) is 10.7. The van der Waals surface area contributed by atoms with Gasteiger partial charge in [-0.1, -0.05) is 30.3 Å². The molecule has 0 saturated carbocycles. The van der Waals surface area contributed by atoms with Crippen LogP contribution in [-0.2, 0) is 27.5 Å². The molecule has 0 bridgehead atoms. The highest BCUT2D eigenvalue weighted by Gasteiger charge is 2.46. The van der Waals surface area contributed by atoms with E-state index in [0.717, 1.165) is 16.0 Å². The molecule has 2 heterocycles. The highest BCUT2D eigenvalue weighted by Crippen LogP contribution is 2.33. The molecular weight excluding hydrogens is 487 g/mol. The minimum absolute atomic E-state index is 0.0184. The number of piperidine rings is 1. The molecule has 36 heavy (non-hydrogen) atoms. The number of carbonyl (C=O) groups is 6. The van der Waals surface area contributed by atoms with Gasteiger partial charge in [0.25, 0.3) is 17.7 Å². The standard InChI is InChI=1S/C24H23N4O7P/c29-18-9-8-16(21(31)27-18)28-22(32)15-2-1-3-17(20(15)23(28)33)35-12-19(30)25-10-13-4-6-14(7-5-13)11-26-24(34)36/h1-7,16H,8-12,36H2,(H,25,30)(H,26,34)(H,27,29,31). The minimum Gasteiger partial charge on any atom is -0.483 e. The normalized spacial score (nSPS) is 16.9. The summed E-state index contributed by atoms with van der Waals surface area (Å²) in [6.07, 6.45) is 0.0621. The highest BCUT2D eigenvalue weighted by molar-refractivity contribution is 7.39. The Kier molecular flexibility index (Phi) is 7.40. The Morgan fingerprint density at radius 2 is 1.64 bits per heavy atom. The lowest BCUT2D eigenvalue weighted by atomic mass is 10.0. The van der Waals surface area contributed by atoms with Crippen molar-refractivity contribution >= 4 is 44.4 Å². The van der Waals surface area contributed by atoms with E-state index in [0.29, 0.717) is 6.54 Å². The predicted molar refractivity (Wildman–Crippen MR) is 129 cm³/mol. The molecule has 2 unspecified atom stereocenters. The van der Waals surface area contributed by atoms with Gasteiger partial charge in [0.15, 0.2) is 6.61 Å². The summed E-state index contributed by atoms with van der Waals surface area (Å²) < 4.78 is 5.56. The summed E-state index contributed by atoms with van der Waals surface area (Å²) in [5, 5.41) is 7.53. The number of hydrogen-bond acceptors (Lipinski definition) is 7. The lowest BCUT2D eigenvalue weighted by Crippen LogP contribution is -2.54. The summed E-state index contributed by atoms with van der Waals surface area (Å²) in [7, 11) is 2.04. The van der Waals surface area contributed by atoms with E-state index in [9.17, 15) is 28.8 Å². The van der Waals surface area contributed by atoms with E-state index in [1.165, 1.54) is 18.2 Å². The van der Waals surface area contributed by atoms with Gasteiger partial charge in [-0.15, -0.1) is 0 Å². The van der Waals surface area contributed by atoms with Gasteiger partial charge in [0.1, 0.15) is 11.8 Å². The number of imide groups is 2. The Balaban J connectivity index is 1.35. The van der Waals surface area contributed by atoms with E-state index in [-0.39, 0.29) is 41.9 Å². The lowest BCUT2D eigenvalue weighted by Gasteiger charge is -2.27. The fourth-order valence-corrected chi connectivity index (χ4v) is 4.07. The molecule has 2 atom stereocenters. The number of fused-ring (bicyclic) bond motifs is 1. The van der Waals surface area contributed by atoms with E-state index in [2.05, 4.69) is 16.0 Å². The monoisotopic (exact) mass is 510 g/mol. The number of nitrogens with zero attached hydrogens (tertiary/aromatic N) is 1. The molecule has 12 heteroatoms. The first-order valence-electron chi connectivity index (χ1n) is 11.1. The summed E-state index contributed by atoms with van der Waals surface area (Å²) in [5.41, 5.74) is 1.59. The fourth-order valence-electron chi connectivity index (χ4n) is 3.96. The van der Waals surface area contributed by atoms with Crippen molar-refractivity contribution in [2.24, 2.45) is 0 Å². The first kappa shape index (κ1) is 25.0. The van der Waals surface area contributed by atoms with Crippen molar-refractivity contribution in [2.75, 3.05) is 6.61 Å². The van der Waals surface area contributed by atoms with Crippen molar-refractivity contribution in [3.8, 4) is 5.75 Å². The van der Waals surface area contributed by atoms with Gasteiger partial charge in [-0.3, -0.25) is 39.0 Å². The predicted octanol–water partition coefficient (Wildman–Crippen LogP) is 0.868. The number of nitrogens with one attached hydrogen (secondary N) is 3. The summed E-state index contributed by atoms with van der Waals surface area (Å²) in [4.78, 5) is 73.7. The quantitative estimate of drug-likeness (QED) is 0.352. The molecule has 0 spiro atoms. The van der Waals surface area contributed by atoms with E-state index in [4.69, 9.17) is 4.74 Å². The van der Waals surface area contributed by atoms with Crippen LogP contribution in [0.15, 0.2) is 42.5 Å². The molecule has 1 fully saturated rings. The SMILES string of the molecule is O=C(P)NCc1ccc(CNC(=O)COc2cccc3c2C(=O)N(C2CCC(=O)NC2=O)C3=O)cc1. The highest BCUT2D eigenvalue weighted by atomic mass is 31.0. The number of ether oxygens (including phenoxy) is 1. The zero-order valence-electron chi connectivity index (χ0n) is 19.0. The molecule has 3 N–H and O–H groups in total. The Labute approximate surface area is 208 Å². The number of rotatable bonds is 8. The Morgan fingerprint density at radius 1 is 0.972 bits per heavy atom. The summed E-state index contributed by atoms with van der Waals surface area (Å²) in [6, 6.07) is 10.7. The van der Waals surface area contributed by atoms with Gasteiger partial charge in [-0.2, -0.15) is 0 Å². The van der Waals surface area contributed by atoms with Crippen LogP contribution in [0.2, 0.25) is 0 Å². The third-order valence-electron chi connectivity index (χ3n) is 5.77. The average molecular weight is 510 g/mol. The third-order valence-corrected chi connectivity index (χ3v) is 5.97. The van der Waals surface area contributed by atoms with Crippen LogP contribution >= 0.6 is 9.24 Å². The van der Waals surface area contributed by atoms with Crippen molar-refractivity contribution in [3.05, 3.63) is 64.7 Å². The van der Waals surface area contributed by atoms with E-state index < -0.39 is 42.2 Å². The van der Waals surface area contributed by atoms with Crippen molar-refractivity contribution in [3.63, 3.8) is 0 Å². The zero-order valence-corrected chi connectivity index (χ0v) is 20.2. The molecule has 6 amide bonds. The Hall–Kier alpha value is -4.11. The number of amides is 6. The maximum absolute atomic E-state index is 13.1. The fraction of sp³-hybridized carbons (Fsp3) is 0.250. The first-order chi connectivity index (χ1) is 17.2.